The number of nitrogens with one attached hydrogen (secondary N) is 2. The Bertz CT molecular complexity index is 1790. The van der Waals surface area contributed by atoms with E-state index in [0.717, 1.165) is 22.1 Å². The highest BCUT2D eigenvalue weighted by molar-refractivity contribution is 14.2. The summed E-state index contributed by atoms with van der Waals surface area (Å²) in [6.07, 6.45) is 1.71. The Kier molecular flexibility index (Phi) is 7.18. The molecule has 5 nitrogen and oxygen atoms in total. The van der Waals surface area contributed by atoms with Crippen LogP contribution < -0.4 is 5.56 Å². The van der Waals surface area contributed by atoms with Crippen molar-refractivity contribution >= 4 is 76.2 Å². The predicted octanol–water partition coefficient (Wildman–Crippen LogP) is 6.98. The quantitative estimate of drug-likeness (QED) is 0.110. The number of halogens is 2. The van der Waals surface area contributed by atoms with Gasteiger partial charge in [0, 0.05) is 61.9 Å². The largest absolute Gasteiger partial charge is 0.374 e. The molecule has 0 aliphatic heterocycles. The van der Waals surface area contributed by atoms with Crippen molar-refractivity contribution in [1.29, 1.82) is 0 Å². The second-order valence-electron chi connectivity index (χ2n) is 8.04. The number of H-pyrrole nitrogens is 2. The maximum absolute atomic E-state index is 12.5. The number of benzene rings is 2. The van der Waals surface area contributed by atoms with Gasteiger partial charge in [-0.25, -0.2) is 0 Å². The van der Waals surface area contributed by atoms with E-state index < -0.39 is 5.60 Å². The summed E-state index contributed by atoms with van der Waals surface area (Å²) in [5.41, 5.74) is 2.56. The van der Waals surface area contributed by atoms with Gasteiger partial charge in [-0.2, -0.15) is 0 Å². The lowest BCUT2D eigenvalue weighted by Gasteiger charge is -2.28. The van der Waals surface area contributed by atoms with Gasteiger partial charge in [-0.15, -0.1) is 11.3 Å². The van der Waals surface area contributed by atoms with Crippen molar-refractivity contribution in [2.24, 2.45) is 7.05 Å². The fourth-order valence-corrected chi connectivity index (χ4v) is 6.07. The second-order valence-corrected chi connectivity index (χ2v) is 11.8. The van der Waals surface area contributed by atoms with E-state index in [4.69, 9.17) is 23.8 Å². The highest BCUT2D eigenvalue weighted by Gasteiger charge is 2.38. The summed E-state index contributed by atoms with van der Waals surface area (Å²) in [5, 5.41) is 16.1. The lowest BCUT2D eigenvalue weighted by molar-refractivity contribution is 0.121. The molecule has 180 valence electrons. The van der Waals surface area contributed by atoms with Gasteiger partial charge in [0.15, 0.2) is 10.4 Å². The van der Waals surface area contributed by atoms with Crippen molar-refractivity contribution in [3.05, 3.63) is 108 Å². The summed E-state index contributed by atoms with van der Waals surface area (Å²) in [7, 11) is 3.22. The first kappa shape index (κ1) is 25.3. The number of hydrogen-bond acceptors (Lipinski definition) is 5. The minimum atomic E-state index is -1.54. The van der Waals surface area contributed by atoms with Gasteiger partial charge in [-0.05, 0) is 79.5 Å². The number of aromatic amines is 2. The molecule has 3 N–H and O–H groups in total. The molecular formula is C26H17ClIN3O2S3. The van der Waals surface area contributed by atoms with Gasteiger partial charge >= 0.3 is 0 Å². The summed E-state index contributed by atoms with van der Waals surface area (Å²) in [4.78, 5) is 19.1. The molecule has 1 atom stereocenters. The third kappa shape index (κ3) is 4.58. The van der Waals surface area contributed by atoms with Gasteiger partial charge in [0.2, 0.25) is 5.56 Å². The Balaban J connectivity index is 1.78. The van der Waals surface area contributed by atoms with E-state index in [1.807, 2.05) is 48.5 Å². The van der Waals surface area contributed by atoms with Crippen molar-refractivity contribution in [3.8, 4) is 22.3 Å². The smallest absolute Gasteiger partial charge is 0.249 e. The molecule has 5 rings (SSSR count). The van der Waals surface area contributed by atoms with E-state index in [1.165, 1.54) is 20.3 Å². The maximum atomic E-state index is 12.5. The average Bonchev–Trinajstić information content (AvgIpc) is 3.47. The zero-order valence-corrected chi connectivity index (χ0v) is 24.0. The van der Waals surface area contributed by atoms with Crippen LogP contribution in [0, 0.1) is 15.9 Å². The van der Waals surface area contributed by atoms with Crippen LogP contribution in [0.25, 0.3) is 22.0 Å². The number of aliphatic hydroxyl groups is 1. The molecular weight excluding hydrogens is 645 g/mol. The number of hydrogen-bond donors (Lipinski definition) is 3. The summed E-state index contributed by atoms with van der Waals surface area (Å²) in [6.45, 7) is 0. The number of rotatable bonds is 4. The zero-order chi connectivity index (χ0) is 25.4. The van der Waals surface area contributed by atoms with Crippen LogP contribution in [0.2, 0.25) is 4.34 Å². The third-order valence-electron chi connectivity index (χ3n) is 5.97. The Labute approximate surface area is 237 Å². The standard InChI is InChI=1S/C26H17ClIN3O2S3/c1-31-21(14-29-25(31)34)26(33,22-7-8-23(27)36-22)17-5-6-20-19(12-17)18(13-24(32)30-20)16-4-2-3-15(11-16)9-10-35-28/h2-8,11-14,33H,1H3,(H,29,34)(H,30,32). The molecule has 2 aromatic carbocycles. The van der Waals surface area contributed by atoms with Crippen LogP contribution >= 0.6 is 65.3 Å². The molecule has 0 saturated heterocycles. The Morgan fingerprint density at radius 2 is 2.03 bits per heavy atom. The molecule has 3 aromatic heterocycles. The molecule has 1 unspecified atom stereocenters. The van der Waals surface area contributed by atoms with Crippen molar-refractivity contribution in [2.45, 2.75) is 5.60 Å². The van der Waals surface area contributed by atoms with E-state index in [1.54, 1.807) is 29.9 Å². The Morgan fingerprint density at radius 3 is 2.72 bits per heavy atom. The van der Waals surface area contributed by atoms with E-state index in [9.17, 15) is 9.90 Å². The van der Waals surface area contributed by atoms with Gasteiger partial charge in [0.05, 0.1) is 10.0 Å². The fourth-order valence-electron chi connectivity index (χ4n) is 4.27. The molecule has 0 radical (unpaired) electrons. The van der Waals surface area contributed by atoms with Crippen molar-refractivity contribution in [2.75, 3.05) is 0 Å². The number of aromatic nitrogens is 3. The first-order valence-corrected chi connectivity index (χ1v) is 15.6. The van der Waals surface area contributed by atoms with Crippen LogP contribution in [-0.2, 0) is 12.6 Å². The Morgan fingerprint density at radius 1 is 1.19 bits per heavy atom. The van der Waals surface area contributed by atoms with Crippen molar-refractivity contribution in [3.63, 3.8) is 0 Å². The normalized spacial score (nSPS) is 12.8. The fraction of sp³-hybridized carbons (Fsp3) is 0.0769. The van der Waals surface area contributed by atoms with Crippen LogP contribution in [0.15, 0.2) is 71.7 Å². The number of imidazole rings is 1. The van der Waals surface area contributed by atoms with Gasteiger partial charge in [-0.3, -0.25) is 4.79 Å². The molecule has 0 bridgehead atoms. The SMILES string of the molecule is Cn1c(C(O)(c2ccc3[nH]c(=O)cc(-c4cccc(C#CSI)c4)c3c2)c2ccc(Cl)s2)c[nH]c1=S. The average molecular weight is 662 g/mol. The number of pyridine rings is 1. The number of thiophene rings is 1. The van der Waals surface area contributed by atoms with Gasteiger partial charge in [0.1, 0.15) is 0 Å². The first-order valence-electron chi connectivity index (χ1n) is 10.6. The predicted molar refractivity (Wildman–Crippen MR) is 161 cm³/mol. The molecule has 36 heavy (non-hydrogen) atoms. The molecule has 0 spiro atoms. The highest BCUT2D eigenvalue weighted by Crippen LogP contribution is 2.42. The summed E-state index contributed by atoms with van der Waals surface area (Å²) < 4.78 is 2.79. The summed E-state index contributed by atoms with van der Waals surface area (Å²) >= 11 is 15.1. The van der Waals surface area contributed by atoms with Crippen LogP contribution in [0.4, 0.5) is 0 Å². The third-order valence-corrected chi connectivity index (χ3v) is 8.54. The summed E-state index contributed by atoms with van der Waals surface area (Å²) in [6, 6.07) is 18.4. The molecule has 0 aliphatic carbocycles. The molecule has 0 amide bonds. The number of fused-ring (bicyclic) bond motifs is 1. The molecule has 5 aromatic rings. The van der Waals surface area contributed by atoms with Crippen LogP contribution in [-0.4, -0.2) is 19.6 Å². The van der Waals surface area contributed by atoms with Gasteiger partial charge < -0.3 is 19.6 Å². The van der Waals surface area contributed by atoms with Crippen molar-refractivity contribution in [1.82, 2.24) is 14.5 Å². The van der Waals surface area contributed by atoms with Crippen LogP contribution in [0.1, 0.15) is 21.7 Å². The van der Waals surface area contributed by atoms with E-state index in [2.05, 4.69) is 42.3 Å². The lowest BCUT2D eigenvalue weighted by atomic mass is 9.87. The summed E-state index contributed by atoms with van der Waals surface area (Å²) in [5.74, 6) is 3.11. The maximum Gasteiger partial charge on any atom is 0.249 e. The van der Waals surface area contributed by atoms with Crippen LogP contribution in [0.5, 0.6) is 0 Å². The molecule has 10 heteroatoms. The zero-order valence-electron chi connectivity index (χ0n) is 18.6. The van der Waals surface area contributed by atoms with Crippen LogP contribution in [0.3, 0.4) is 0 Å². The topological polar surface area (TPSA) is 73.8 Å². The second kappa shape index (κ2) is 10.2. The van der Waals surface area contributed by atoms with Crippen molar-refractivity contribution < 1.29 is 5.11 Å². The monoisotopic (exact) mass is 661 g/mol. The molecule has 0 fully saturated rings. The highest BCUT2D eigenvalue weighted by atomic mass is 127. The lowest BCUT2D eigenvalue weighted by Crippen LogP contribution is -2.30. The van der Waals surface area contributed by atoms with E-state index in [-0.39, 0.29) is 5.56 Å². The van der Waals surface area contributed by atoms with E-state index in [0.29, 0.717) is 30.8 Å². The molecule has 0 saturated carbocycles. The van der Waals surface area contributed by atoms with Gasteiger partial charge in [0.25, 0.3) is 0 Å². The minimum Gasteiger partial charge on any atom is -0.374 e. The van der Waals surface area contributed by atoms with Gasteiger partial charge in [-0.1, -0.05) is 35.7 Å². The molecule has 3 heterocycles. The molecule has 0 aliphatic rings. The Hall–Kier alpha value is -2.33. The number of nitrogens with zero attached hydrogens (tertiary/aromatic N) is 1. The van der Waals surface area contributed by atoms with E-state index >= 15 is 0 Å². The first-order chi connectivity index (χ1) is 17.3. The minimum absolute atomic E-state index is 0.211.